The molecule has 0 heterocycles. The van der Waals surface area contributed by atoms with Gasteiger partial charge in [0.05, 0.1) is 12.4 Å². The van der Waals surface area contributed by atoms with Crippen molar-refractivity contribution < 1.29 is 13.5 Å². The zero-order chi connectivity index (χ0) is 13.4. The highest BCUT2D eigenvalue weighted by molar-refractivity contribution is 7.89. The Kier molecular flexibility index (Phi) is 6.32. The maximum absolute atomic E-state index is 11.7. The van der Waals surface area contributed by atoms with E-state index in [1.54, 1.807) is 0 Å². The molecule has 1 atom stereocenters. The molecule has 0 amide bonds. The van der Waals surface area contributed by atoms with E-state index >= 15 is 0 Å². The van der Waals surface area contributed by atoms with Crippen LogP contribution in [0.15, 0.2) is 30.3 Å². The summed E-state index contributed by atoms with van der Waals surface area (Å²) in [5.41, 5.74) is 1.01. The van der Waals surface area contributed by atoms with Crippen LogP contribution in [0.2, 0.25) is 0 Å². The molecule has 0 saturated carbocycles. The highest BCUT2D eigenvalue weighted by atomic mass is 32.2. The van der Waals surface area contributed by atoms with Crippen LogP contribution in [0.4, 0.5) is 0 Å². The summed E-state index contributed by atoms with van der Waals surface area (Å²) in [6.45, 7) is 1.75. The van der Waals surface area contributed by atoms with Gasteiger partial charge in [0.1, 0.15) is 0 Å². The SMILES string of the molecule is CCCCS(=O)(=O)NC(CO)Cc1ccccc1. The molecule has 0 bridgehead atoms. The Labute approximate surface area is 109 Å². The van der Waals surface area contributed by atoms with Crippen molar-refractivity contribution in [1.82, 2.24) is 4.72 Å². The number of hydrogen-bond donors (Lipinski definition) is 2. The molecule has 0 aliphatic rings. The summed E-state index contributed by atoms with van der Waals surface area (Å²) in [6.07, 6.45) is 1.98. The molecule has 1 unspecified atom stereocenters. The normalized spacial score (nSPS) is 13.4. The minimum atomic E-state index is -3.29. The van der Waals surface area contributed by atoms with E-state index in [0.29, 0.717) is 12.8 Å². The molecule has 0 aliphatic heterocycles. The lowest BCUT2D eigenvalue weighted by Gasteiger charge is -2.16. The number of nitrogens with one attached hydrogen (secondary N) is 1. The second-order valence-electron chi connectivity index (χ2n) is 4.36. The fraction of sp³-hybridized carbons (Fsp3) is 0.538. The Bertz CT molecular complexity index is 431. The molecule has 4 nitrogen and oxygen atoms in total. The Hall–Kier alpha value is -0.910. The molecule has 18 heavy (non-hydrogen) atoms. The third-order valence-electron chi connectivity index (χ3n) is 2.66. The van der Waals surface area contributed by atoms with E-state index in [1.807, 2.05) is 37.3 Å². The molecule has 2 N–H and O–H groups in total. The van der Waals surface area contributed by atoms with Gasteiger partial charge in [-0.3, -0.25) is 0 Å². The minimum Gasteiger partial charge on any atom is -0.395 e. The molecule has 0 spiro atoms. The minimum absolute atomic E-state index is 0.120. The molecule has 0 saturated heterocycles. The van der Waals surface area contributed by atoms with Gasteiger partial charge in [0.25, 0.3) is 0 Å². The first-order valence-corrected chi connectivity index (χ1v) is 7.87. The predicted octanol–water partition coefficient (Wildman–Crippen LogP) is 1.31. The van der Waals surface area contributed by atoms with Gasteiger partial charge in [0.15, 0.2) is 0 Å². The summed E-state index contributed by atoms with van der Waals surface area (Å²) in [6, 6.07) is 9.09. The van der Waals surface area contributed by atoms with Crippen LogP contribution < -0.4 is 4.72 Å². The third-order valence-corrected chi connectivity index (χ3v) is 4.18. The molecular weight excluding hydrogens is 250 g/mol. The number of aliphatic hydroxyl groups is 1. The van der Waals surface area contributed by atoms with Crippen LogP contribution in [0.5, 0.6) is 0 Å². The second-order valence-corrected chi connectivity index (χ2v) is 6.23. The molecule has 0 radical (unpaired) electrons. The van der Waals surface area contributed by atoms with Crippen molar-refractivity contribution in [2.24, 2.45) is 0 Å². The van der Waals surface area contributed by atoms with Gasteiger partial charge in [0, 0.05) is 6.04 Å². The first-order valence-electron chi connectivity index (χ1n) is 6.22. The first-order chi connectivity index (χ1) is 8.57. The van der Waals surface area contributed by atoms with Crippen molar-refractivity contribution in [2.45, 2.75) is 32.2 Å². The number of unbranched alkanes of at least 4 members (excludes halogenated alkanes) is 1. The van der Waals surface area contributed by atoms with Gasteiger partial charge in [0.2, 0.25) is 10.0 Å². The fourth-order valence-electron chi connectivity index (χ4n) is 1.69. The van der Waals surface area contributed by atoms with Crippen molar-refractivity contribution in [1.29, 1.82) is 0 Å². The van der Waals surface area contributed by atoms with Crippen LogP contribution in [0.3, 0.4) is 0 Å². The number of hydrogen-bond acceptors (Lipinski definition) is 3. The largest absolute Gasteiger partial charge is 0.395 e. The van der Waals surface area contributed by atoms with Gasteiger partial charge in [-0.05, 0) is 18.4 Å². The summed E-state index contributed by atoms with van der Waals surface area (Å²) in [5.74, 6) is 0.120. The average Bonchev–Trinajstić information content (AvgIpc) is 2.36. The average molecular weight is 271 g/mol. The van der Waals surface area contributed by atoms with Crippen molar-refractivity contribution in [2.75, 3.05) is 12.4 Å². The molecule has 0 aromatic heterocycles. The van der Waals surface area contributed by atoms with Crippen LogP contribution in [0.1, 0.15) is 25.3 Å². The quantitative estimate of drug-likeness (QED) is 0.749. The maximum atomic E-state index is 11.7. The number of rotatable bonds is 8. The summed E-state index contributed by atoms with van der Waals surface area (Å²) in [4.78, 5) is 0. The molecule has 1 rings (SSSR count). The lowest BCUT2D eigenvalue weighted by Crippen LogP contribution is -2.40. The monoisotopic (exact) mass is 271 g/mol. The van der Waals surface area contributed by atoms with Gasteiger partial charge >= 0.3 is 0 Å². The molecule has 0 fully saturated rings. The Morgan fingerprint density at radius 3 is 2.50 bits per heavy atom. The Balaban J connectivity index is 2.57. The molecule has 102 valence electrons. The van der Waals surface area contributed by atoms with Crippen molar-refractivity contribution >= 4 is 10.0 Å². The molecule has 1 aromatic carbocycles. The van der Waals surface area contributed by atoms with Crippen LogP contribution in [-0.2, 0) is 16.4 Å². The van der Waals surface area contributed by atoms with E-state index in [1.165, 1.54) is 0 Å². The van der Waals surface area contributed by atoms with Crippen LogP contribution in [-0.4, -0.2) is 31.9 Å². The fourth-order valence-corrected chi connectivity index (χ4v) is 3.14. The summed E-state index contributed by atoms with van der Waals surface area (Å²) >= 11 is 0. The topological polar surface area (TPSA) is 66.4 Å². The van der Waals surface area contributed by atoms with Gasteiger partial charge in [-0.15, -0.1) is 0 Å². The second kappa shape index (κ2) is 7.51. The standard InChI is InChI=1S/C13H21NO3S/c1-2-3-9-18(16,17)14-13(11-15)10-12-7-5-4-6-8-12/h4-8,13-15H,2-3,9-11H2,1H3. The van der Waals surface area contributed by atoms with Crippen LogP contribution in [0.25, 0.3) is 0 Å². The highest BCUT2D eigenvalue weighted by Gasteiger charge is 2.16. The molecule has 1 aromatic rings. The van der Waals surface area contributed by atoms with E-state index in [4.69, 9.17) is 0 Å². The zero-order valence-corrected chi connectivity index (χ0v) is 11.5. The molecule has 0 aliphatic carbocycles. The van der Waals surface area contributed by atoms with E-state index in [9.17, 15) is 13.5 Å². The Morgan fingerprint density at radius 1 is 1.28 bits per heavy atom. The van der Waals surface area contributed by atoms with Gasteiger partial charge < -0.3 is 5.11 Å². The van der Waals surface area contributed by atoms with E-state index in [0.717, 1.165) is 12.0 Å². The van der Waals surface area contributed by atoms with Crippen molar-refractivity contribution in [3.63, 3.8) is 0 Å². The molecular formula is C13H21NO3S. The van der Waals surface area contributed by atoms with Crippen molar-refractivity contribution in [3.8, 4) is 0 Å². The first kappa shape index (κ1) is 15.1. The predicted molar refractivity (Wildman–Crippen MR) is 72.9 cm³/mol. The van der Waals surface area contributed by atoms with Gasteiger partial charge in [-0.2, -0.15) is 0 Å². The number of aliphatic hydroxyl groups excluding tert-OH is 1. The van der Waals surface area contributed by atoms with Crippen LogP contribution >= 0.6 is 0 Å². The zero-order valence-electron chi connectivity index (χ0n) is 10.7. The lowest BCUT2D eigenvalue weighted by molar-refractivity contribution is 0.256. The Morgan fingerprint density at radius 2 is 1.94 bits per heavy atom. The van der Waals surface area contributed by atoms with Gasteiger partial charge in [-0.25, -0.2) is 13.1 Å². The van der Waals surface area contributed by atoms with E-state index in [2.05, 4.69) is 4.72 Å². The highest BCUT2D eigenvalue weighted by Crippen LogP contribution is 2.04. The maximum Gasteiger partial charge on any atom is 0.211 e. The van der Waals surface area contributed by atoms with E-state index in [-0.39, 0.29) is 12.4 Å². The lowest BCUT2D eigenvalue weighted by atomic mass is 10.1. The third kappa shape index (κ3) is 5.62. The summed E-state index contributed by atoms with van der Waals surface area (Å²) in [5, 5.41) is 9.25. The van der Waals surface area contributed by atoms with Crippen molar-refractivity contribution in [3.05, 3.63) is 35.9 Å². The number of sulfonamides is 1. The number of benzene rings is 1. The summed E-state index contributed by atoms with van der Waals surface area (Å²) in [7, 11) is -3.29. The molecule has 5 heteroatoms. The van der Waals surface area contributed by atoms with Crippen LogP contribution in [0, 0.1) is 0 Å². The van der Waals surface area contributed by atoms with Gasteiger partial charge in [-0.1, -0.05) is 43.7 Å². The van der Waals surface area contributed by atoms with E-state index < -0.39 is 16.1 Å². The smallest absolute Gasteiger partial charge is 0.211 e. The summed E-state index contributed by atoms with van der Waals surface area (Å²) < 4.78 is 26.0.